The van der Waals surface area contributed by atoms with Crippen LogP contribution in [0.4, 0.5) is 5.69 Å². The molecule has 3 aliphatic heterocycles. The predicted molar refractivity (Wildman–Crippen MR) is 146 cm³/mol. The number of aliphatic hydroxyl groups is 1. The summed E-state index contributed by atoms with van der Waals surface area (Å²) in [5, 5.41) is 11.6. The van der Waals surface area contributed by atoms with Crippen LogP contribution in [-0.2, 0) is 24.7 Å². The average molecular weight is 532 g/mol. The first-order valence-electron chi connectivity index (χ1n) is 13.3. The van der Waals surface area contributed by atoms with Crippen molar-refractivity contribution in [1.29, 1.82) is 0 Å². The summed E-state index contributed by atoms with van der Waals surface area (Å²) in [6.45, 7) is 9.66. The van der Waals surface area contributed by atoms with E-state index < -0.39 is 28.9 Å². The number of rotatable bonds is 9. The summed E-state index contributed by atoms with van der Waals surface area (Å²) in [4.78, 5) is 46.8. The van der Waals surface area contributed by atoms with Gasteiger partial charge < -0.3 is 24.4 Å². The number of likely N-dealkylation sites (tertiary alicyclic amines) is 1. The molecule has 1 spiro atoms. The second-order valence-electron chi connectivity index (χ2n) is 9.77. The molecule has 1 atom stereocenters. The van der Waals surface area contributed by atoms with Gasteiger partial charge >= 0.3 is 0 Å². The van der Waals surface area contributed by atoms with E-state index in [0.717, 1.165) is 6.42 Å². The zero-order valence-corrected chi connectivity index (χ0v) is 22.1. The van der Waals surface area contributed by atoms with Crippen LogP contribution in [0.5, 0.6) is 5.75 Å². The van der Waals surface area contributed by atoms with Gasteiger partial charge in [0.25, 0.3) is 17.6 Å². The molecule has 9 heteroatoms. The molecule has 2 aromatic carbocycles. The van der Waals surface area contributed by atoms with Crippen LogP contribution in [0.25, 0.3) is 5.76 Å². The van der Waals surface area contributed by atoms with E-state index >= 15 is 0 Å². The number of para-hydroxylation sites is 1. The van der Waals surface area contributed by atoms with Crippen molar-refractivity contribution in [1.82, 2.24) is 9.80 Å². The Morgan fingerprint density at radius 2 is 1.79 bits per heavy atom. The van der Waals surface area contributed by atoms with Gasteiger partial charge in [-0.25, -0.2) is 0 Å². The molecule has 2 fully saturated rings. The number of carbonyl (C=O) groups is 3. The maximum atomic E-state index is 14.4. The Morgan fingerprint density at radius 3 is 2.49 bits per heavy atom. The molecule has 1 unspecified atom stereocenters. The lowest BCUT2D eigenvalue weighted by atomic mass is 9.82. The molecule has 0 aliphatic carbocycles. The largest absolute Gasteiger partial charge is 0.507 e. The van der Waals surface area contributed by atoms with Gasteiger partial charge in [-0.2, -0.15) is 0 Å². The van der Waals surface area contributed by atoms with E-state index in [2.05, 4.69) is 11.5 Å². The third kappa shape index (κ3) is 4.41. The summed E-state index contributed by atoms with van der Waals surface area (Å²) in [5.74, 6) is -1.93. The van der Waals surface area contributed by atoms with Crippen molar-refractivity contribution in [3.63, 3.8) is 0 Å². The van der Waals surface area contributed by atoms with Crippen molar-refractivity contribution in [3.05, 3.63) is 77.9 Å². The molecule has 2 amide bonds. The van der Waals surface area contributed by atoms with Crippen molar-refractivity contribution in [3.8, 4) is 5.75 Å². The van der Waals surface area contributed by atoms with E-state index in [1.165, 1.54) is 9.80 Å². The molecular weight excluding hydrogens is 498 g/mol. The maximum Gasteiger partial charge on any atom is 0.296 e. The van der Waals surface area contributed by atoms with Gasteiger partial charge in [0, 0.05) is 43.9 Å². The number of aliphatic hydroxyl groups excluding tert-OH is 1. The number of nitrogens with zero attached hydrogens (tertiary/aromatic N) is 3. The highest BCUT2D eigenvalue weighted by molar-refractivity contribution is 6.50. The number of carbonyl (C=O) groups excluding carboxylic acids is 3. The summed E-state index contributed by atoms with van der Waals surface area (Å²) in [6, 6.07) is 13.8. The lowest BCUT2D eigenvalue weighted by Crippen LogP contribution is -2.54. The number of anilines is 1. The summed E-state index contributed by atoms with van der Waals surface area (Å²) in [5.41, 5.74) is -0.628. The summed E-state index contributed by atoms with van der Waals surface area (Å²) < 4.78 is 11.1. The number of hydrogen-bond acceptors (Lipinski definition) is 7. The molecule has 204 valence electrons. The number of Topliss-reactive ketones (excluding diaryl/α,β-unsaturated/α-hetero) is 1. The normalized spacial score (nSPS) is 22.5. The predicted octanol–water partition coefficient (Wildman–Crippen LogP) is 2.92. The van der Waals surface area contributed by atoms with Crippen molar-refractivity contribution in [2.75, 3.05) is 57.4 Å². The van der Waals surface area contributed by atoms with Gasteiger partial charge in [-0.05, 0) is 36.8 Å². The highest BCUT2D eigenvalue weighted by Crippen LogP contribution is 2.53. The molecule has 39 heavy (non-hydrogen) atoms. The van der Waals surface area contributed by atoms with E-state index in [9.17, 15) is 19.5 Å². The topological polar surface area (TPSA) is 99.6 Å². The molecule has 3 aliphatic rings. The third-order valence-electron chi connectivity index (χ3n) is 7.47. The van der Waals surface area contributed by atoms with E-state index in [1.807, 2.05) is 6.92 Å². The Bertz CT molecular complexity index is 1310. The van der Waals surface area contributed by atoms with Crippen molar-refractivity contribution >= 4 is 29.0 Å². The SMILES string of the molecule is C=CCN1C(=O)C2(C(=C(O)c3ccc(OCCC)cc3)C(=O)C(=O)N2CCN2CCOCC2)c2ccccc21. The van der Waals surface area contributed by atoms with E-state index in [-0.39, 0.29) is 18.7 Å². The van der Waals surface area contributed by atoms with Gasteiger partial charge in [0.05, 0.1) is 31.1 Å². The molecule has 0 radical (unpaired) electrons. The minimum Gasteiger partial charge on any atom is -0.507 e. The standard InChI is InChI=1S/C30H33N3O6/c1-3-13-32-24-8-6-5-7-23(24)30(29(32)37)25(26(34)21-9-11-22(12-10-21)39-18-4-2)27(35)28(36)33(30)15-14-31-16-19-38-20-17-31/h3,5-12,34H,1,4,13-20H2,2H3. The minimum absolute atomic E-state index is 0.132. The molecule has 1 N–H and O–H groups in total. The van der Waals surface area contributed by atoms with Crippen LogP contribution in [0.2, 0.25) is 0 Å². The van der Waals surface area contributed by atoms with Crippen molar-refractivity contribution in [2.45, 2.75) is 18.9 Å². The molecule has 5 rings (SSSR count). The second-order valence-corrected chi connectivity index (χ2v) is 9.77. The molecule has 0 saturated carbocycles. The summed E-state index contributed by atoms with van der Waals surface area (Å²) in [6.07, 6.45) is 2.45. The minimum atomic E-state index is -1.79. The molecule has 9 nitrogen and oxygen atoms in total. The van der Waals surface area contributed by atoms with Crippen LogP contribution in [0.3, 0.4) is 0 Å². The number of morpholine rings is 1. The van der Waals surface area contributed by atoms with Gasteiger partial charge in [-0.1, -0.05) is 31.2 Å². The van der Waals surface area contributed by atoms with Gasteiger partial charge in [-0.3, -0.25) is 19.3 Å². The van der Waals surface area contributed by atoms with Crippen LogP contribution in [-0.4, -0.2) is 85.0 Å². The molecule has 0 aromatic heterocycles. The number of ketones is 1. The van der Waals surface area contributed by atoms with Gasteiger partial charge in [0.1, 0.15) is 11.5 Å². The van der Waals surface area contributed by atoms with E-state index in [4.69, 9.17) is 9.47 Å². The summed E-state index contributed by atoms with van der Waals surface area (Å²) in [7, 11) is 0. The van der Waals surface area contributed by atoms with Crippen LogP contribution < -0.4 is 9.64 Å². The fourth-order valence-electron chi connectivity index (χ4n) is 5.62. The number of fused-ring (bicyclic) bond motifs is 2. The van der Waals surface area contributed by atoms with E-state index in [1.54, 1.807) is 54.6 Å². The maximum absolute atomic E-state index is 14.4. The van der Waals surface area contributed by atoms with Gasteiger partial charge in [-0.15, -0.1) is 6.58 Å². The van der Waals surface area contributed by atoms with Gasteiger partial charge in [0.2, 0.25) is 0 Å². The van der Waals surface area contributed by atoms with Crippen molar-refractivity contribution in [2.24, 2.45) is 0 Å². The van der Waals surface area contributed by atoms with Crippen LogP contribution >= 0.6 is 0 Å². The fourth-order valence-corrected chi connectivity index (χ4v) is 5.62. The lowest BCUT2D eigenvalue weighted by Gasteiger charge is -2.36. The molecule has 2 saturated heterocycles. The zero-order chi connectivity index (χ0) is 27.6. The Labute approximate surface area is 227 Å². The molecule has 3 heterocycles. The summed E-state index contributed by atoms with van der Waals surface area (Å²) >= 11 is 0. The Morgan fingerprint density at radius 1 is 1.08 bits per heavy atom. The Balaban J connectivity index is 1.66. The Hall–Kier alpha value is -3.95. The second kappa shape index (κ2) is 11.0. The fraction of sp³-hybridized carbons (Fsp3) is 0.367. The zero-order valence-electron chi connectivity index (χ0n) is 22.1. The highest BCUT2D eigenvalue weighted by atomic mass is 16.5. The average Bonchev–Trinajstić information content (AvgIpc) is 3.34. The smallest absolute Gasteiger partial charge is 0.296 e. The number of benzene rings is 2. The highest BCUT2D eigenvalue weighted by Gasteiger charge is 2.66. The molecular formula is C30H33N3O6. The van der Waals surface area contributed by atoms with Crippen LogP contribution in [0.15, 0.2) is 66.8 Å². The van der Waals surface area contributed by atoms with Gasteiger partial charge in [0.15, 0.2) is 5.54 Å². The first-order valence-corrected chi connectivity index (χ1v) is 13.3. The first kappa shape index (κ1) is 26.6. The van der Waals surface area contributed by atoms with Crippen LogP contribution in [0.1, 0.15) is 24.5 Å². The monoisotopic (exact) mass is 531 g/mol. The Kier molecular flexibility index (Phi) is 7.54. The van der Waals surface area contributed by atoms with Crippen LogP contribution in [0, 0.1) is 0 Å². The number of hydrogen-bond donors (Lipinski definition) is 1. The first-order chi connectivity index (χ1) is 18.9. The van der Waals surface area contributed by atoms with Crippen molar-refractivity contribution < 1.29 is 29.0 Å². The van der Waals surface area contributed by atoms with E-state index in [0.29, 0.717) is 62.0 Å². The lowest BCUT2D eigenvalue weighted by molar-refractivity contribution is -0.144. The molecule has 2 aromatic rings. The number of ether oxygens (including phenoxy) is 2. The quantitative estimate of drug-likeness (QED) is 0.230. The number of amides is 2. The molecule has 0 bridgehead atoms. The third-order valence-corrected chi connectivity index (χ3v) is 7.47.